The third kappa shape index (κ3) is 4.76. The summed E-state index contributed by atoms with van der Waals surface area (Å²) in [5.74, 6) is 1.14. The number of amides is 1. The minimum absolute atomic E-state index is 0.0606. The first-order chi connectivity index (χ1) is 10.7. The van der Waals surface area contributed by atoms with E-state index >= 15 is 0 Å². The summed E-state index contributed by atoms with van der Waals surface area (Å²) in [5, 5.41) is 6.86. The first kappa shape index (κ1) is 16.3. The summed E-state index contributed by atoms with van der Waals surface area (Å²) in [6.07, 6.45) is 6.22. The van der Waals surface area contributed by atoms with Crippen molar-refractivity contribution in [2.45, 2.75) is 38.6 Å². The summed E-state index contributed by atoms with van der Waals surface area (Å²) >= 11 is 0. The summed E-state index contributed by atoms with van der Waals surface area (Å²) < 4.78 is 5.21. The first-order valence-electron chi connectivity index (χ1n) is 7.78. The van der Waals surface area contributed by atoms with Gasteiger partial charge in [0, 0.05) is 11.6 Å². The number of para-hydroxylation sites is 1. The van der Waals surface area contributed by atoms with Crippen molar-refractivity contribution in [3.05, 3.63) is 29.8 Å². The van der Waals surface area contributed by atoms with Crippen LogP contribution in [0.15, 0.2) is 29.4 Å². The normalized spacial score (nSPS) is 21.5. The molecule has 0 bridgehead atoms. The average Bonchev–Trinajstić information content (AvgIpc) is 2.54. The number of carbonyl (C=O) groups excluding carboxylic acids is 1. The van der Waals surface area contributed by atoms with Crippen LogP contribution < -0.4 is 10.1 Å². The number of hydrogen-bond donors (Lipinski definition) is 1. The molecule has 1 fully saturated rings. The van der Waals surface area contributed by atoms with E-state index in [1.165, 1.54) is 19.3 Å². The van der Waals surface area contributed by atoms with E-state index in [0.29, 0.717) is 5.92 Å². The van der Waals surface area contributed by atoms with Gasteiger partial charge in [-0.05, 0) is 30.9 Å². The Morgan fingerprint density at radius 2 is 2.14 bits per heavy atom. The zero-order valence-electron chi connectivity index (χ0n) is 13.2. The Labute approximate surface area is 131 Å². The van der Waals surface area contributed by atoms with E-state index in [1.54, 1.807) is 13.3 Å². The van der Waals surface area contributed by atoms with Gasteiger partial charge >= 0.3 is 0 Å². The van der Waals surface area contributed by atoms with Crippen LogP contribution in [0.1, 0.15) is 38.2 Å². The average molecular weight is 304 g/mol. The molecule has 1 saturated carbocycles. The van der Waals surface area contributed by atoms with Crippen LogP contribution in [0, 0.1) is 5.92 Å². The monoisotopic (exact) mass is 304 g/mol. The molecule has 0 heterocycles. The number of ether oxygens (including phenoxy) is 1. The molecular weight excluding hydrogens is 280 g/mol. The fourth-order valence-electron chi connectivity index (χ4n) is 2.74. The van der Waals surface area contributed by atoms with E-state index in [1.807, 2.05) is 24.3 Å². The van der Waals surface area contributed by atoms with Crippen molar-refractivity contribution in [1.82, 2.24) is 5.32 Å². The molecule has 0 unspecified atom stereocenters. The highest BCUT2D eigenvalue weighted by atomic mass is 16.6. The maximum atomic E-state index is 11.9. The molecule has 0 aromatic heterocycles. The second-order valence-electron chi connectivity index (χ2n) is 5.69. The van der Waals surface area contributed by atoms with Gasteiger partial charge in [0.25, 0.3) is 5.91 Å². The summed E-state index contributed by atoms with van der Waals surface area (Å²) in [6, 6.07) is 7.76. The van der Waals surface area contributed by atoms with Gasteiger partial charge in [-0.15, -0.1) is 0 Å². The molecule has 0 aliphatic heterocycles. The van der Waals surface area contributed by atoms with E-state index in [0.717, 1.165) is 17.7 Å². The number of methoxy groups -OCH3 is 1. The number of hydrogen-bond acceptors (Lipinski definition) is 4. The molecule has 1 N–H and O–H groups in total. The Morgan fingerprint density at radius 3 is 2.91 bits per heavy atom. The molecule has 0 spiro atoms. The van der Waals surface area contributed by atoms with Crippen molar-refractivity contribution in [1.29, 1.82) is 0 Å². The van der Waals surface area contributed by atoms with Crippen molar-refractivity contribution < 1.29 is 14.4 Å². The third-order valence-corrected chi connectivity index (χ3v) is 4.06. The van der Waals surface area contributed by atoms with Crippen molar-refractivity contribution in [2.75, 3.05) is 13.7 Å². The van der Waals surface area contributed by atoms with Gasteiger partial charge in [-0.1, -0.05) is 37.1 Å². The molecule has 1 amide bonds. The SMILES string of the molecule is COc1ccccc1/C=N\OCC(=O)N[C@@H]1CCCC[C@H]1C. The molecule has 1 aliphatic carbocycles. The zero-order valence-corrected chi connectivity index (χ0v) is 13.2. The highest BCUT2D eigenvalue weighted by Crippen LogP contribution is 2.23. The van der Waals surface area contributed by atoms with Gasteiger partial charge in [0.15, 0.2) is 6.61 Å². The van der Waals surface area contributed by atoms with Crippen molar-refractivity contribution in [3.63, 3.8) is 0 Å². The molecule has 2 rings (SSSR count). The molecule has 0 radical (unpaired) electrons. The Bertz CT molecular complexity index is 516. The lowest BCUT2D eigenvalue weighted by Crippen LogP contribution is -2.42. The number of nitrogens with zero attached hydrogens (tertiary/aromatic N) is 1. The topological polar surface area (TPSA) is 59.9 Å². The Hall–Kier alpha value is -2.04. The van der Waals surface area contributed by atoms with Gasteiger partial charge in [-0.25, -0.2) is 0 Å². The lowest BCUT2D eigenvalue weighted by molar-refractivity contribution is -0.126. The van der Waals surface area contributed by atoms with Crippen LogP contribution in [0.4, 0.5) is 0 Å². The highest BCUT2D eigenvalue weighted by molar-refractivity contribution is 5.83. The van der Waals surface area contributed by atoms with Gasteiger partial charge in [0.05, 0.1) is 13.3 Å². The fourth-order valence-corrected chi connectivity index (χ4v) is 2.74. The largest absolute Gasteiger partial charge is 0.496 e. The van der Waals surface area contributed by atoms with Crippen LogP contribution in [-0.4, -0.2) is 31.9 Å². The fraction of sp³-hybridized carbons (Fsp3) is 0.529. The van der Waals surface area contributed by atoms with E-state index in [9.17, 15) is 4.79 Å². The molecule has 22 heavy (non-hydrogen) atoms. The summed E-state index contributed by atoms with van der Waals surface area (Å²) in [6.45, 7) is 2.12. The number of rotatable bonds is 6. The maximum Gasteiger partial charge on any atom is 0.261 e. The quantitative estimate of drug-likeness (QED) is 0.649. The van der Waals surface area contributed by atoms with Crippen LogP contribution in [0.5, 0.6) is 5.75 Å². The van der Waals surface area contributed by atoms with Crippen LogP contribution in [0.3, 0.4) is 0 Å². The Balaban J connectivity index is 1.75. The van der Waals surface area contributed by atoms with Gasteiger partial charge in [-0.2, -0.15) is 0 Å². The number of oxime groups is 1. The predicted molar refractivity (Wildman–Crippen MR) is 86.1 cm³/mol. The van der Waals surface area contributed by atoms with Gasteiger partial charge < -0.3 is 14.9 Å². The van der Waals surface area contributed by atoms with Crippen LogP contribution in [0.25, 0.3) is 0 Å². The maximum absolute atomic E-state index is 11.9. The third-order valence-electron chi connectivity index (χ3n) is 4.06. The lowest BCUT2D eigenvalue weighted by Gasteiger charge is -2.29. The van der Waals surface area contributed by atoms with E-state index in [4.69, 9.17) is 9.57 Å². The number of carbonyl (C=O) groups is 1. The number of nitrogens with one attached hydrogen (secondary N) is 1. The molecule has 120 valence electrons. The van der Waals surface area contributed by atoms with E-state index in [2.05, 4.69) is 17.4 Å². The zero-order chi connectivity index (χ0) is 15.8. The highest BCUT2D eigenvalue weighted by Gasteiger charge is 2.22. The molecule has 0 saturated heterocycles. The van der Waals surface area contributed by atoms with Crippen molar-refractivity contribution >= 4 is 12.1 Å². The van der Waals surface area contributed by atoms with Gasteiger partial charge in [0.1, 0.15) is 5.75 Å². The smallest absolute Gasteiger partial charge is 0.261 e. The van der Waals surface area contributed by atoms with E-state index in [-0.39, 0.29) is 18.6 Å². The first-order valence-corrected chi connectivity index (χ1v) is 7.78. The molecule has 5 nitrogen and oxygen atoms in total. The number of benzene rings is 1. The van der Waals surface area contributed by atoms with Crippen LogP contribution in [0.2, 0.25) is 0 Å². The summed E-state index contributed by atoms with van der Waals surface area (Å²) in [7, 11) is 1.60. The summed E-state index contributed by atoms with van der Waals surface area (Å²) in [4.78, 5) is 16.9. The van der Waals surface area contributed by atoms with Crippen LogP contribution >= 0.6 is 0 Å². The van der Waals surface area contributed by atoms with Gasteiger partial charge in [-0.3, -0.25) is 4.79 Å². The van der Waals surface area contributed by atoms with Gasteiger partial charge in [0.2, 0.25) is 0 Å². The minimum Gasteiger partial charge on any atom is -0.496 e. The Kier molecular flexibility index (Phi) is 6.25. The molecule has 1 aromatic rings. The lowest BCUT2D eigenvalue weighted by atomic mass is 9.86. The van der Waals surface area contributed by atoms with Crippen molar-refractivity contribution in [2.24, 2.45) is 11.1 Å². The van der Waals surface area contributed by atoms with Crippen LogP contribution in [-0.2, 0) is 9.63 Å². The predicted octanol–water partition coefficient (Wildman–Crippen LogP) is 2.74. The Morgan fingerprint density at radius 1 is 1.36 bits per heavy atom. The summed E-state index contributed by atoms with van der Waals surface area (Å²) in [5.41, 5.74) is 0.811. The second-order valence-corrected chi connectivity index (χ2v) is 5.69. The molecule has 1 aliphatic rings. The van der Waals surface area contributed by atoms with Crippen molar-refractivity contribution in [3.8, 4) is 5.75 Å². The molecule has 1 aromatic carbocycles. The molecule has 2 atom stereocenters. The minimum atomic E-state index is -0.115. The second kappa shape index (κ2) is 8.41. The van der Waals surface area contributed by atoms with E-state index < -0.39 is 0 Å². The molecular formula is C17H24N2O3. The standard InChI is InChI=1S/C17H24N2O3/c1-13-7-3-5-9-15(13)19-17(20)12-22-18-11-14-8-4-6-10-16(14)21-2/h4,6,8,10-11,13,15H,3,5,7,9,12H2,1-2H3,(H,19,20)/b18-11-/t13-,15-/m1/s1. The molecule has 5 heteroatoms.